The van der Waals surface area contributed by atoms with Gasteiger partial charge in [0.15, 0.2) is 0 Å². The number of halogens is 1. The molecule has 3 N–H and O–H groups in total. The zero-order valence-corrected chi connectivity index (χ0v) is 14.9. The molecule has 0 unspecified atom stereocenters. The van der Waals surface area contributed by atoms with Gasteiger partial charge in [0, 0.05) is 30.9 Å². The minimum atomic E-state index is -0.126. The number of carbonyl (C=O) groups is 1. The number of hydrogen-bond donors (Lipinski definition) is 2. The Kier molecular flexibility index (Phi) is 7.14. The quantitative estimate of drug-likeness (QED) is 0.694. The van der Waals surface area contributed by atoms with Gasteiger partial charge in [0.1, 0.15) is 5.75 Å². The molecule has 1 aromatic heterocycles. The summed E-state index contributed by atoms with van der Waals surface area (Å²) in [4.78, 5) is 16.3. The number of benzene rings is 2. The van der Waals surface area contributed by atoms with E-state index in [1.165, 1.54) is 0 Å². The predicted molar refractivity (Wildman–Crippen MR) is 104 cm³/mol. The van der Waals surface area contributed by atoms with Gasteiger partial charge in [0.05, 0.1) is 0 Å². The standard InChI is InChI=1S/C20H19N3O2.ClH/c21-13-16-10-11-22-19(12-16)25-18-8-6-17(7-9-18)20(24)23-14-15-4-2-1-3-5-15;/h1-12H,13-14,21H2,(H,23,24);1H. The first kappa shape index (κ1) is 19.4. The van der Waals surface area contributed by atoms with Crippen LogP contribution < -0.4 is 15.8 Å². The molecule has 1 amide bonds. The lowest BCUT2D eigenvalue weighted by Crippen LogP contribution is -2.22. The molecule has 0 bridgehead atoms. The summed E-state index contributed by atoms with van der Waals surface area (Å²) in [6.07, 6.45) is 1.66. The van der Waals surface area contributed by atoms with Crippen molar-refractivity contribution >= 4 is 18.3 Å². The second kappa shape index (κ2) is 9.56. The van der Waals surface area contributed by atoms with Gasteiger partial charge in [-0.25, -0.2) is 4.98 Å². The van der Waals surface area contributed by atoms with E-state index in [4.69, 9.17) is 10.5 Å². The molecule has 1 heterocycles. The molecule has 0 spiro atoms. The van der Waals surface area contributed by atoms with Crippen molar-refractivity contribution in [2.24, 2.45) is 5.73 Å². The number of carbonyl (C=O) groups excluding carboxylic acids is 1. The molecule has 0 saturated carbocycles. The zero-order valence-electron chi connectivity index (χ0n) is 14.1. The monoisotopic (exact) mass is 369 g/mol. The van der Waals surface area contributed by atoms with E-state index < -0.39 is 0 Å². The van der Waals surface area contributed by atoms with Gasteiger partial charge in [0.25, 0.3) is 5.91 Å². The van der Waals surface area contributed by atoms with Crippen molar-refractivity contribution in [3.8, 4) is 11.6 Å². The molecule has 0 atom stereocenters. The van der Waals surface area contributed by atoms with Crippen molar-refractivity contribution in [3.63, 3.8) is 0 Å². The minimum absolute atomic E-state index is 0. The summed E-state index contributed by atoms with van der Waals surface area (Å²) in [5, 5.41) is 2.89. The fraction of sp³-hybridized carbons (Fsp3) is 0.100. The molecule has 0 saturated heterocycles. The summed E-state index contributed by atoms with van der Waals surface area (Å²) >= 11 is 0. The second-order valence-electron chi connectivity index (χ2n) is 5.50. The van der Waals surface area contributed by atoms with Crippen LogP contribution >= 0.6 is 12.4 Å². The van der Waals surface area contributed by atoms with Crippen LogP contribution in [-0.4, -0.2) is 10.9 Å². The molecule has 0 aliphatic heterocycles. The number of hydrogen-bond acceptors (Lipinski definition) is 4. The third-order valence-corrected chi connectivity index (χ3v) is 3.67. The summed E-state index contributed by atoms with van der Waals surface area (Å²) in [6, 6.07) is 20.4. The predicted octanol–water partition coefficient (Wildman–Crippen LogP) is 3.68. The Bertz CT molecular complexity index is 839. The first-order valence-corrected chi connectivity index (χ1v) is 7.99. The molecule has 3 aromatic rings. The molecule has 2 aromatic carbocycles. The van der Waals surface area contributed by atoms with E-state index in [-0.39, 0.29) is 18.3 Å². The number of nitrogens with one attached hydrogen (secondary N) is 1. The van der Waals surface area contributed by atoms with Crippen LogP contribution in [0.1, 0.15) is 21.5 Å². The Balaban J connectivity index is 0.00000243. The van der Waals surface area contributed by atoms with Gasteiger partial charge < -0.3 is 15.8 Å². The summed E-state index contributed by atoms with van der Waals surface area (Å²) in [5.41, 5.74) is 8.19. The Hall–Kier alpha value is -2.89. The fourth-order valence-corrected chi connectivity index (χ4v) is 2.31. The van der Waals surface area contributed by atoms with Crippen molar-refractivity contribution in [2.75, 3.05) is 0 Å². The highest BCUT2D eigenvalue weighted by Crippen LogP contribution is 2.20. The van der Waals surface area contributed by atoms with Crippen molar-refractivity contribution in [1.29, 1.82) is 0 Å². The SMILES string of the molecule is Cl.NCc1ccnc(Oc2ccc(C(=O)NCc3ccccc3)cc2)c1. The maximum Gasteiger partial charge on any atom is 0.251 e. The first-order chi connectivity index (χ1) is 12.2. The van der Waals surface area contributed by atoms with Crippen LogP contribution in [0.4, 0.5) is 0 Å². The highest BCUT2D eigenvalue weighted by atomic mass is 35.5. The van der Waals surface area contributed by atoms with Crippen LogP contribution in [0.5, 0.6) is 11.6 Å². The Labute approximate surface area is 158 Å². The Morgan fingerprint density at radius 1 is 1.00 bits per heavy atom. The van der Waals surface area contributed by atoms with E-state index in [1.807, 2.05) is 36.4 Å². The minimum Gasteiger partial charge on any atom is -0.439 e. The van der Waals surface area contributed by atoms with Crippen LogP contribution in [0, 0.1) is 0 Å². The van der Waals surface area contributed by atoms with Crippen LogP contribution in [-0.2, 0) is 13.1 Å². The summed E-state index contributed by atoms with van der Waals surface area (Å²) < 4.78 is 5.69. The number of amides is 1. The molecule has 26 heavy (non-hydrogen) atoms. The highest BCUT2D eigenvalue weighted by Gasteiger charge is 2.06. The maximum atomic E-state index is 12.2. The Morgan fingerprint density at radius 2 is 1.73 bits per heavy atom. The van der Waals surface area contributed by atoms with Crippen molar-refractivity contribution < 1.29 is 9.53 Å². The van der Waals surface area contributed by atoms with Gasteiger partial charge in [-0.05, 0) is 41.5 Å². The lowest BCUT2D eigenvalue weighted by atomic mass is 10.2. The molecule has 0 aliphatic carbocycles. The van der Waals surface area contributed by atoms with Crippen molar-refractivity contribution in [3.05, 3.63) is 89.6 Å². The number of nitrogens with two attached hydrogens (primary N) is 1. The molecule has 6 heteroatoms. The maximum absolute atomic E-state index is 12.2. The van der Waals surface area contributed by atoms with Crippen molar-refractivity contribution in [2.45, 2.75) is 13.1 Å². The average Bonchev–Trinajstić information content (AvgIpc) is 2.67. The normalized spacial score (nSPS) is 9.88. The second-order valence-corrected chi connectivity index (χ2v) is 5.50. The van der Waals surface area contributed by atoms with Gasteiger partial charge in [0.2, 0.25) is 5.88 Å². The Morgan fingerprint density at radius 3 is 2.42 bits per heavy atom. The lowest BCUT2D eigenvalue weighted by molar-refractivity contribution is 0.0951. The third-order valence-electron chi connectivity index (χ3n) is 3.67. The molecular formula is C20H20ClN3O2. The van der Waals surface area contributed by atoms with E-state index in [0.29, 0.717) is 30.3 Å². The van der Waals surface area contributed by atoms with Gasteiger partial charge >= 0.3 is 0 Å². The summed E-state index contributed by atoms with van der Waals surface area (Å²) in [6.45, 7) is 0.924. The summed E-state index contributed by atoms with van der Waals surface area (Å²) in [5.74, 6) is 0.962. The van der Waals surface area contributed by atoms with Crippen LogP contribution in [0.2, 0.25) is 0 Å². The lowest BCUT2D eigenvalue weighted by Gasteiger charge is -2.08. The topological polar surface area (TPSA) is 77.2 Å². The fourth-order valence-electron chi connectivity index (χ4n) is 2.31. The van der Waals surface area contributed by atoms with Gasteiger partial charge in [-0.2, -0.15) is 0 Å². The third kappa shape index (κ3) is 5.31. The molecule has 0 fully saturated rings. The summed E-state index contributed by atoms with van der Waals surface area (Å²) in [7, 11) is 0. The van der Waals surface area contributed by atoms with Gasteiger partial charge in [-0.15, -0.1) is 12.4 Å². The highest BCUT2D eigenvalue weighted by molar-refractivity contribution is 5.94. The van der Waals surface area contributed by atoms with Crippen LogP contribution in [0.15, 0.2) is 72.9 Å². The van der Waals surface area contributed by atoms with Crippen molar-refractivity contribution in [1.82, 2.24) is 10.3 Å². The molecule has 0 radical (unpaired) electrons. The van der Waals surface area contributed by atoms with Gasteiger partial charge in [-0.1, -0.05) is 30.3 Å². The van der Waals surface area contributed by atoms with Crippen LogP contribution in [0.3, 0.4) is 0 Å². The molecule has 134 valence electrons. The van der Waals surface area contributed by atoms with Crippen LogP contribution in [0.25, 0.3) is 0 Å². The van der Waals surface area contributed by atoms with E-state index in [2.05, 4.69) is 10.3 Å². The molecule has 3 rings (SSSR count). The van der Waals surface area contributed by atoms with E-state index in [9.17, 15) is 4.79 Å². The average molecular weight is 370 g/mol. The largest absolute Gasteiger partial charge is 0.439 e. The number of ether oxygens (including phenoxy) is 1. The number of rotatable bonds is 6. The number of aromatic nitrogens is 1. The smallest absolute Gasteiger partial charge is 0.251 e. The number of pyridine rings is 1. The van der Waals surface area contributed by atoms with E-state index >= 15 is 0 Å². The number of nitrogens with zero attached hydrogens (tertiary/aromatic N) is 1. The molecule has 5 nitrogen and oxygen atoms in total. The van der Waals surface area contributed by atoms with E-state index in [1.54, 1.807) is 36.5 Å². The molecular weight excluding hydrogens is 350 g/mol. The van der Waals surface area contributed by atoms with Gasteiger partial charge in [-0.3, -0.25) is 4.79 Å². The first-order valence-electron chi connectivity index (χ1n) is 7.99. The zero-order chi connectivity index (χ0) is 17.5. The molecule has 0 aliphatic rings. The van der Waals surface area contributed by atoms with E-state index in [0.717, 1.165) is 11.1 Å².